The van der Waals surface area contributed by atoms with Crippen LogP contribution in [0, 0.1) is 6.92 Å². The van der Waals surface area contributed by atoms with E-state index in [1.165, 1.54) is 31.2 Å². The predicted molar refractivity (Wildman–Crippen MR) is 111 cm³/mol. The van der Waals surface area contributed by atoms with E-state index in [-0.39, 0.29) is 28.0 Å². The number of aliphatic hydroxyl groups excluding tert-OH is 3. The van der Waals surface area contributed by atoms with Gasteiger partial charge >= 0.3 is 0 Å². The fourth-order valence-corrected chi connectivity index (χ4v) is 3.60. The van der Waals surface area contributed by atoms with E-state index < -0.39 is 53.4 Å². The first kappa shape index (κ1) is 21.9. The summed E-state index contributed by atoms with van der Waals surface area (Å²) in [4.78, 5) is 13.3. The average molecular weight is 446 g/mol. The second kappa shape index (κ2) is 7.99. The molecule has 1 aliphatic rings. The molecule has 6 N–H and O–H groups in total. The first-order valence-electron chi connectivity index (χ1n) is 9.77. The number of aliphatic hydroxyl groups is 3. The fraction of sp³-hybridized carbons (Fsp3) is 0.318. The zero-order valence-electron chi connectivity index (χ0n) is 17.1. The molecular weight excluding hydrogens is 424 g/mol. The van der Waals surface area contributed by atoms with Crippen molar-refractivity contribution < 1.29 is 44.5 Å². The third kappa shape index (κ3) is 3.63. The van der Waals surface area contributed by atoms with E-state index in [9.17, 15) is 35.4 Å². The highest BCUT2D eigenvalue weighted by Gasteiger charge is 2.44. The van der Waals surface area contributed by atoms with Crippen LogP contribution in [0.1, 0.15) is 12.5 Å². The van der Waals surface area contributed by atoms with Crippen molar-refractivity contribution >= 4 is 11.0 Å². The van der Waals surface area contributed by atoms with Gasteiger partial charge in [0.1, 0.15) is 35.0 Å². The maximum Gasteiger partial charge on any atom is 0.239 e. The minimum Gasteiger partial charge on any atom is -0.507 e. The first-order chi connectivity index (χ1) is 15.1. The monoisotopic (exact) mass is 446 g/mol. The molecule has 170 valence electrons. The Morgan fingerprint density at radius 1 is 0.906 bits per heavy atom. The summed E-state index contributed by atoms with van der Waals surface area (Å²) in [5.74, 6) is -1.88. The summed E-state index contributed by atoms with van der Waals surface area (Å²) in [6.07, 6.45) is -7.17. The molecule has 10 heteroatoms. The molecule has 0 spiro atoms. The van der Waals surface area contributed by atoms with Crippen LogP contribution in [0.15, 0.2) is 39.5 Å². The first-order valence-corrected chi connectivity index (χ1v) is 9.77. The molecule has 5 unspecified atom stereocenters. The summed E-state index contributed by atoms with van der Waals surface area (Å²) in [6.45, 7) is 3.14. The third-order valence-electron chi connectivity index (χ3n) is 5.36. The Morgan fingerprint density at radius 2 is 1.62 bits per heavy atom. The molecule has 0 bridgehead atoms. The molecule has 1 aliphatic heterocycles. The maximum atomic E-state index is 13.3. The predicted octanol–water partition coefficient (Wildman–Crippen LogP) is 1.09. The third-order valence-corrected chi connectivity index (χ3v) is 5.36. The highest BCUT2D eigenvalue weighted by atomic mass is 16.7. The Balaban J connectivity index is 1.92. The van der Waals surface area contributed by atoms with Crippen molar-refractivity contribution in [2.75, 3.05) is 0 Å². The number of rotatable bonds is 3. The number of fused-ring (bicyclic) bond motifs is 1. The summed E-state index contributed by atoms with van der Waals surface area (Å²) >= 11 is 0. The van der Waals surface area contributed by atoms with Gasteiger partial charge in [0.2, 0.25) is 17.5 Å². The van der Waals surface area contributed by atoms with Gasteiger partial charge in [0.25, 0.3) is 0 Å². The zero-order valence-corrected chi connectivity index (χ0v) is 17.1. The van der Waals surface area contributed by atoms with Crippen molar-refractivity contribution in [1.29, 1.82) is 0 Å². The smallest absolute Gasteiger partial charge is 0.239 e. The standard InChI is InChI=1S/C22H22O10/c1-8-5-13(25)15-14(6-8)31-20(10-3-4-11(23)12(24)7-10)21(17(15)27)32-22-19(29)18(28)16(26)9(2)30-22/h3-7,9,16,18-19,22-26,28-29H,1-2H3. The van der Waals surface area contributed by atoms with Crippen LogP contribution in [0.2, 0.25) is 0 Å². The molecule has 5 atom stereocenters. The summed E-state index contributed by atoms with van der Waals surface area (Å²) in [5.41, 5.74) is 0.00393. The van der Waals surface area contributed by atoms with Gasteiger partial charge in [-0.3, -0.25) is 4.79 Å². The summed E-state index contributed by atoms with van der Waals surface area (Å²) in [5, 5.41) is 60.0. The number of aryl methyl sites for hydroxylation is 1. The number of hydrogen-bond donors (Lipinski definition) is 6. The van der Waals surface area contributed by atoms with Gasteiger partial charge in [0.15, 0.2) is 17.3 Å². The molecule has 2 heterocycles. The lowest BCUT2D eigenvalue weighted by molar-refractivity contribution is -0.268. The molecule has 4 rings (SSSR count). The van der Waals surface area contributed by atoms with Crippen molar-refractivity contribution in [1.82, 2.24) is 0 Å². The average Bonchev–Trinajstić information content (AvgIpc) is 2.73. The van der Waals surface area contributed by atoms with Crippen LogP contribution in [0.25, 0.3) is 22.3 Å². The molecule has 0 amide bonds. The number of aromatic hydroxyl groups is 3. The fourth-order valence-electron chi connectivity index (χ4n) is 3.60. The molecule has 1 aromatic heterocycles. The highest BCUT2D eigenvalue weighted by Crippen LogP contribution is 2.38. The number of phenols is 3. The molecular formula is C22H22O10. The molecule has 1 fully saturated rings. The van der Waals surface area contributed by atoms with Crippen LogP contribution >= 0.6 is 0 Å². The number of hydrogen-bond acceptors (Lipinski definition) is 10. The SMILES string of the molecule is Cc1cc(O)c2c(=O)c(OC3OC(C)C(O)C(O)C3O)c(-c3ccc(O)c(O)c3)oc2c1. The van der Waals surface area contributed by atoms with Crippen molar-refractivity contribution in [2.45, 2.75) is 44.6 Å². The second-order valence-electron chi connectivity index (χ2n) is 7.75. The van der Waals surface area contributed by atoms with Crippen LogP contribution in [-0.2, 0) is 4.74 Å². The van der Waals surface area contributed by atoms with E-state index in [0.717, 1.165) is 6.07 Å². The van der Waals surface area contributed by atoms with Crippen LogP contribution in [0.5, 0.6) is 23.0 Å². The van der Waals surface area contributed by atoms with Crippen LogP contribution in [-0.4, -0.2) is 61.3 Å². The molecule has 3 aromatic rings. The number of phenolic OH excluding ortho intramolecular Hbond substituents is 3. The van der Waals surface area contributed by atoms with Gasteiger partial charge in [-0.05, 0) is 49.7 Å². The molecule has 0 radical (unpaired) electrons. The Morgan fingerprint density at radius 3 is 2.31 bits per heavy atom. The molecule has 1 saturated heterocycles. The van der Waals surface area contributed by atoms with Crippen molar-refractivity contribution in [2.24, 2.45) is 0 Å². The summed E-state index contributed by atoms with van der Waals surface area (Å²) < 4.78 is 16.9. The quantitative estimate of drug-likeness (QED) is 0.320. The van der Waals surface area contributed by atoms with Crippen LogP contribution in [0.3, 0.4) is 0 Å². The Bertz CT molecular complexity index is 1230. The van der Waals surface area contributed by atoms with Gasteiger partial charge in [-0.25, -0.2) is 0 Å². The van der Waals surface area contributed by atoms with Gasteiger partial charge in [0.05, 0.1) is 6.10 Å². The number of ether oxygens (including phenoxy) is 2. The molecule has 32 heavy (non-hydrogen) atoms. The molecule has 0 saturated carbocycles. The van der Waals surface area contributed by atoms with Crippen molar-refractivity contribution in [3.8, 4) is 34.3 Å². The topological polar surface area (TPSA) is 170 Å². The lowest BCUT2D eigenvalue weighted by atomic mass is 10.00. The van der Waals surface area contributed by atoms with Gasteiger partial charge in [-0.15, -0.1) is 0 Å². The second-order valence-corrected chi connectivity index (χ2v) is 7.75. The molecule has 10 nitrogen and oxygen atoms in total. The van der Waals surface area contributed by atoms with E-state index in [1.807, 2.05) is 0 Å². The van der Waals surface area contributed by atoms with Gasteiger partial charge < -0.3 is 44.5 Å². The maximum absolute atomic E-state index is 13.3. The van der Waals surface area contributed by atoms with Crippen molar-refractivity contribution in [3.05, 3.63) is 46.1 Å². The largest absolute Gasteiger partial charge is 0.507 e. The van der Waals surface area contributed by atoms with Gasteiger partial charge in [0, 0.05) is 5.56 Å². The van der Waals surface area contributed by atoms with Crippen molar-refractivity contribution in [3.63, 3.8) is 0 Å². The highest BCUT2D eigenvalue weighted by molar-refractivity contribution is 5.87. The minimum atomic E-state index is -1.70. The zero-order chi connectivity index (χ0) is 23.3. The van der Waals surface area contributed by atoms with E-state index in [0.29, 0.717) is 5.56 Å². The van der Waals surface area contributed by atoms with E-state index in [2.05, 4.69) is 0 Å². The lowest BCUT2D eigenvalue weighted by Gasteiger charge is -2.38. The van der Waals surface area contributed by atoms with Gasteiger partial charge in [-0.1, -0.05) is 0 Å². The number of benzene rings is 2. The summed E-state index contributed by atoms with van der Waals surface area (Å²) in [6, 6.07) is 6.57. The minimum absolute atomic E-state index is 0.0383. The van der Waals surface area contributed by atoms with Crippen LogP contribution in [0.4, 0.5) is 0 Å². The molecule has 0 aliphatic carbocycles. The van der Waals surface area contributed by atoms with E-state index in [1.54, 1.807) is 6.92 Å². The Hall–Kier alpha value is -3.31. The molecule has 2 aromatic carbocycles. The van der Waals surface area contributed by atoms with E-state index in [4.69, 9.17) is 13.9 Å². The van der Waals surface area contributed by atoms with Crippen LogP contribution < -0.4 is 10.2 Å². The normalized spacial score (nSPS) is 25.7. The Kier molecular flexibility index (Phi) is 5.47. The van der Waals surface area contributed by atoms with Gasteiger partial charge in [-0.2, -0.15) is 0 Å². The Labute approximate surface area is 181 Å². The van der Waals surface area contributed by atoms with E-state index >= 15 is 0 Å². The summed E-state index contributed by atoms with van der Waals surface area (Å²) in [7, 11) is 0. The lowest BCUT2D eigenvalue weighted by Crippen LogP contribution is -2.58.